The first kappa shape index (κ1) is 14.5. The first-order chi connectivity index (χ1) is 8.76. The van der Waals surface area contributed by atoms with Crippen LogP contribution in [0.5, 0.6) is 0 Å². The lowest BCUT2D eigenvalue weighted by atomic mass is 10.2. The highest BCUT2D eigenvalue weighted by atomic mass is 16.5. The van der Waals surface area contributed by atoms with Crippen molar-refractivity contribution in [1.29, 1.82) is 0 Å². The number of benzene rings is 1. The van der Waals surface area contributed by atoms with Crippen LogP contribution in [0.1, 0.15) is 18.9 Å². The third-order valence-corrected chi connectivity index (χ3v) is 2.50. The van der Waals surface area contributed by atoms with Gasteiger partial charge in [-0.15, -0.1) is 0 Å². The summed E-state index contributed by atoms with van der Waals surface area (Å²) >= 11 is 0. The summed E-state index contributed by atoms with van der Waals surface area (Å²) in [4.78, 5) is 13.7. The minimum atomic E-state index is -0.195. The van der Waals surface area contributed by atoms with Crippen LogP contribution in [0.4, 0.5) is 0 Å². The lowest BCUT2D eigenvalue weighted by molar-refractivity contribution is -0.143. The lowest BCUT2D eigenvalue weighted by Gasteiger charge is -2.20. The van der Waals surface area contributed by atoms with Crippen LogP contribution in [0.15, 0.2) is 43.0 Å². The van der Waals surface area contributed by atoms with Crippen molar-refractivity contribution in [2.45, 2.75) is 19.9 Å². The second-order valence-electron chi connectivity index (χ2n) is 4.17. The lowest BCUT2D eigenvalue weighted by Crippen LogP contribution is -2.31. The molecule has 0 aliphatic carbocycles. The van der Waals surface area contributed by atoms with Crippen molar-refractivity contribution in [2.75, 3.05) is 19.7 Å². The molecule has 1 aromatic carbocycles. The van der Waals surface area contributed by atoms with Crippen LogP contribution in [-0.2, 0) is 16.1 Å². The van der Waals surface area contributed by atoms with E-state index in [1.807, 2.05) is 18.2 Å². The third-order valence-electron chi connectivity index (χ3n) is 2.50. The predicted octanol–water partition coefficient (Wildman–Crippen LogP) is 2.63. The van der Waals surface area contributed by atoms with Gasteiger partial charge in [0.1, 0.15) is 6.61 Å². The van der Waals surface area contributed by atoms with E-state index in [9.17, 15) is 4.79 Å². The van der Waals surface area contributed by atoms with Gasteiger partial charge in [0.05, 0.1) is 6.54 Å². The summed E-state index contributed by atoms with van der Waals surface area (Å²) in [6.07, 6.45) is 2.60. The van der Waals surface area contributed by atoms with Gasteiger partial charge in [0.15, 0.2) is 0 Å². The van der Waals surface area contributed by atoms with E-state index in [1.165, 1.54) is 5.56 Å². The van der Waals surface area contributed by atoms with E-state index in [2.05, 4.69) is 30.5 Å². The fraction of sp³-hybridized carbons (Fsp3) is 0.400. The van der Waals surface area contributed by atoms with E-state index in [1.54, 1.807) is 6.08 Å². The predicted molar refractivity (Wildman–Crippen MR) is 73.2 cm³/mol. The number of hydrogen-bond donors (Lipinski definition) is 0. The summed E-state index contributed by atoms with van der Waals surface area (Å²) < 4.78 is 5.01. The molecule has 0 spiro atoms. The first-order valence-corrected chi connectivity index (χ1v) is 6.29. The summed E-state index contributed by atoms with van der Waals surface area (Å²) in [6.45, 7) is 7.90. The van der Waals surface area contributed by atoms with Crippen LogP contribution >= 0.6 is 0 Å². The van der Waals surface area contributed by atoms with E-state index < -0.39 is 0 Å². The molecule has 18 heavy (non-hydrogen) atoms. The number of carbonyl (C=O) groups is 1. The second-order valence-corrected chi connectivity index (χ2v) is 4.17. The van der Waals surface area contributed by atoms with Crippen molar-refractivity contribution >= 4 is 5.97 Å². The molecule has 0 heterocycles. The SMILES string of the molecule is C=CCOC(=O)CN(CCC)Cc1ccccc1. The zero-order valence-electron chi connectivity index (χ0n) is 11.0. The third kappa shape index (κ3) is 5.64. The van der Waals surface area contributed by atoms with Gasteiger partial charge in [-0.3, -0.25) is 9.69 Å². The second kappa shape index (κ2) is 8.48. The van der Waals surface area contributed by atoms with Gasteiger partial charge < -0.3 is 4.74 Å². The zero-order chi connectivity index (χ0) is 13.2. The zero-order valence-corrected chi connectivity index (χ0v) is 11.0. The summed E-state index contributed by atoms with van der Waals surface area (Å²) in [5, 5.41) is 0. The Bertz CT molecular complexity index is 362. The standard InChI is InChI=1S/C15H21NO2/c1-3-10-16(13-15(17)18-11-4-2)12-14-8-6-5-7-9-14/h4-9H,2-3,10-13H2,1H3. The molecular formula is C15H21NO2. The van der Waals surface area contributed by atoms with Crippen molar-refractivity contribution < 1.29 is 9.53 Å². The number of esters is 1. The maximum absolute atomic E-state index is 11.6. The summed E-state index contributed by atoms with van der Waals surface area (Å²) in [6, 6.07) is 10.1. The molecular weight excluding hydrogens is 226 g/mol. The fourth-order valence-electron chi connectivity index (χ4n) is 1.75. The fourth-order valence-corrected chi connectivity index (χ4v) is 1.75. The Morgan fingerprint density at radius 2 is 2.11 bits per heavy atom. The van der Waals surface area contributed by atoms with Crippen molar-refractivity contribution in [1.82, 2.24) is 4.90 Å². The Labute approximate surface area is 109 Å². The van der Waals surface area contributed by atoms with E-state index in [4.69, 9.17) is 4.74 Å². The number of nitrogens with zero attached hydrogens (tertiary/aromatic N) is 1. The monoisotopic (exact) mass is 247 g/mol. The van der Waals surface area contributed by atoms with Crippen LogP contribution < -0.4 is 0 Å². The molecule has 0 aromatic heterocycles. The maximum atomic E-state index is 11.6. The normalized spacial score (nSPS) is 10.3. The number of hydrogen-bond acceptors (Lipinski definition) is 3. The molecule has 0 saturated carbocycles. The molecule has 0 atom stereocenters. The summed E-state index contributed by atoms with van der Waals surface area (Å²) in [5.74, 6) is -0.195. The molecule has 0 bridgehead atoms. The van der Waals surface area contributed by atoms with Gasteiger partial charge in [-0.2, -0.15) is 0 Å². The molecule has 0 aliphatic rings. The van der Waals surface area contributed by atoms with Gasteiger partial charge in [-0.1, -0.05) is 49.9 Å². The minimum Gasteiger partial charge on any atom is -0.461 e. The van der Waals surface area contributed by atoms with E-state index in [0.717, 1.165) is 19.5 Å². The van der Waals surface area contributed by atoms with Gasteiger partial charge >= 0.3 is 5.97 Å². The van der Waals surface area contributed by atoms with Crippen molar-refractivity contribution in [2.24, 2.45) is 0 Å². The summed E-state index contributed by atoms with van der Waals surface area (Å²) in [5.41, 5.74) is 1.21. The summed E-state index contributed by atoms with van der Waals surface area (Å²) in [7, 11) is 0. The van der Waals surface area contributed by atoms with Gasteiger partial charge in [-0.05, 0) is 18.5 Å². The molecule has 0 saturated heterocycles. The van der Waals surface area contributed by atoms with Crippen molar-refractivity contribution in [3.63, 3.8) is 0 Å². The highest BCUT2D eigenvalue weighted by molar-refractivity contribution is 5.71. The average Bonchev–Trinajstić information content (AvgIpc) is 2.38. The minimum absolute atomic E-state index is 0.195. The first-order valence-electron chi connectivity index (χ1n) is 6.29. The van der Waals surface area contributed by atoms with E-state index in [0.29, 0.717) is 6.54 Å². The number of rotatable bonds is 8. The largest absolute Gasteiger partial charge is 0.461 e. The van der Waals surface area contributed by atoms with E-state index >= 15 is 0 Å². The molecule has 98 valence electrons. The highest BCUT2D eigenvalue weighted by Crippen LogP contribution is 2.05. The van der Waals surface area contributed by atoms with Crippen molar-refractivity contribution in [3.05, 3.63) is 48.6 Å². The van der Waals surface area contributed by atoms with Gasteiger partial charge in [-0.25, -0.2) is 0 Å². The van der Waals surface area contributed by atoms with Crippen LogP contribution in [0.3, 0.4) is 0 Å². The van der Waals surface area contributed by atoms with Crippen LogP contribution in [-0.4, -0.2) is 30.6 Å². The Morgan fingerprint density at radius 3 is 2.72 bits per heavy atom. The molecule has 0 unspecified atom stereocenters. The Kier molecular flexibility index (Phi) is 6.81. The molecule has 3 heteroatoms. The Balaban J connectivity index is 2.49. The van der Waals surface area contributed by atoms with Crippen LogP contribution in [0, 0.1) is 0 Å². The Hall–Kier alpha value is -1.61. The quantitative estimate of drug-likeness (QED) is 0.522. The average molecular weight is 247 g/mol. The highest BCUT2D eigenvalue weighted by Gasteiger charge is 2.11. The van der Waals surface area contributed by atoms with E-state index in [-0.39, 0.29) is 12.6 Å². The molecule has 0 N–H and O–H groups in total. The van der Waals surface area contributed by atoms with Gasteiger partial charge in [0.2, 0.25) is 0 Å². The molecule has 0 aliphatic heterocycles. The number of ether oxygens (including phenoxy) is 1. The van der Waals surface area contributed by atoms with Gasteiger partial charge in [0, 0.05) is 6.54 Å². The number of carbonyl (C=O) groups excluding carboxylic acids is 1. The van der Waals surface area contributed by atoms with Crippen LogP contribution in [0.25, 0.3) is 0 Å². The van der Waals surface area contributed by atoms with Gasteiger partial charge in [0.25, 0.3) is 0 Å². The molecule has 0 fully saturated rings. The molecule has 1 rings (SSSR count). The molecule has 3 nitrogen and oxygen atoms in total. The maximum Gasteiger partial charge on any atom is 0.320 e. The molecule has 1 aromatic rings. The topological polar surface area (TPSA) is 29.5 Å². The van der Waals surface area contributed by atoms with Crippen molar-refractivity contribution in [3.8, 4) is 0 Å². The van der Waals surface area contributed by atoms with Crippen LogP contribution in [0.2, 0.25) is 0 Å². The molecule has 0 amide bonds. The Morgan fingerprint density at radius 1 is 1.39 bits per heavy atom. The molecule has 0 radical (unpaired) electrons. The smallest absolute Gasteiger partial charge is 0.320 e.